The Hall–Kier alpha value is -1.11. The molecule has 3 aliphatic carbocycles. The molecule has 4 rings (SSSR count). The van der Waals surface area contributed by atoms with Crippen molar-refractivity contribution < 1.29 is 19.4 Å². The van der Waals surface area contributed by atoms with Crippen LogP contribution >= 0.6 is 27.5 Å². The lowest BCUT2D eigenvalue weighted by Crippen LogP contribution is -2.77. The molecule has 5 nitrogen and oxygen atoms in total. The summed E-state index contributed by atoms with van der Waals surface area (Å²) >= 11 is 9.75. The summed E-state index contributed by atoms with van der Waals surface area (Å²) in [5, 5.41) is 13.9. The number of ether oxygens (including phenoxy) is 1. The molecule has 1 aromatic carbocycles. The van der Waals surface area contributed by atoms with E-state index in [0.29, 0.717) is 24.3 Å². The molecule has 1 unspecified atom stereocenters. The molecule has 0 heterocycles. The van der Waals surface area contributed by atoms with Gasteiger partial charge >= 0.3 is 5.97 Å². The number of rotatable bonds is 8. The molecule has 1 aromatic rings. The second-order valence-corrected chi connectivity index (χ2v) is 10.6. The third-order valence-electron chi connectivity index (χ3n) is 6.98. The second-order valence-electron chi connectivity index (χ2n) is 9.39. The number of aliphatic hydroxyl groups excluding tert-OH is 1. The number of halogens is 2. The maximum Gasteiger partial charge on any atom is 0.312 e. The Bertz CT molecular complexity index is 807. The minimum Gasteiger partial charge on any atom is -0.469 e. The fourth-order valence-electron chi connectivity index (χ4n) is 5.47. The van der Waals surface area contributed by atoms with Crippen molar-refractivity contribution in [3.8, 4) is 0 Å². The highest BCUT2D eigenvalue weighted by molar-refractivity contribution is 9.10. The average Bonchev–Trinajstić information content (AvgIpc) is 2.58. The SMILES string of the molecule is COC(=O)C12CC(NC(=O)C[C@@](C)(c3ccc(Br)c(Cl)c3)C(CO)C(C)C)(C1)C2. The van der Waals surface area contributed by atoms with Gasteiger partial charge in [0, 0.05) is 28.5 Å². The van der Waals surface area contributed by atoms with Crippen molar-refractivity contribution in [2.75, 3.05) is 13.7 Å². The van der Waals surface area contributed by atoms with Crippen LogP contribution in [0.25, 0.3) is 0 Å². The monoisotopic (exact) mass is 485 g/mol. The number of hydrogen-bond donors (Lipinski definition) is 2. The van der Waals surface area contributed by atoms with Gasteiger partial charge in [-0.1, -0.05) is 38.4 Å². The quantitative estimate of drug-likeness (QED) is 0.539. The van der Waals surface area contributed by atoms with E-state index in [1.165, 1.54) is 7.11 Å². The van der Waals surface area contributed by atoms with Crippen LogP contribution in [-0.4, -0.2) is 36.2 Å². The molecule has 3 fully saturated rings. The first-order valence-corrected chi connectivity index (χ1v) is 11.1. The van der Waals surface area contributed by atoms with Crippen LogP contribution in [0.4, 0.5) is 0 Å². The van der Waals surface area contributed by atoms with Gasteiger partial charge in [-0.25, -0.2) is 0 Å². The maximum absolute atomic E-state index is 13.1. The van der Waals surface area contributed by atoms with Gasteiger partial charge in [-0.3, -0.25) is 9.59 Å². The number of benzene rings is 1. The summed E-state index contributed by atoms with van der Waals surface area (Å²) in [4.78, 5) is 24.9. The lowest BCUT2D eigenvalue weighted by atomic mass is 9.39. The fraction of sp³-hybridized carbons (Fsp3) is 0.636. The molecule has 0 radical (unpaired) electrons. The van der Waals surface area contributed by atoms with Crippen molar-refractivity contribution in [1.82, 2.24) is 5.32 Å². The second kappa shape index (κ2) is 7.86. The molecule has 160 valence electrons. The zero-order chi connectivity index (χ0) is 21.6. The largest absolute Gasteiger partial charge is 0.469 e. The molecule has 29 heavy (non-hydrogen) atoms. The topological polar surface area (TPSA) is 75.6 Å². The zero-order valence-electron chi connectivity index (χ0n) is 17.4. The number of amides is 1. The van der Waals surface area contributed by atoms with Crippen molar-refractivity contribution in [2.45, 2.75) is 57.4 Å². The lowest BCUT2D eigenvalue weighted by molar-refractivity contribution is -0.203. The van der Waals surface area contributed by atoms with Crippen LogP contribution in [0.15, 0.2) is 22.7 Å². The molecule has 0 spiro atoms. The summed E-state index contributed by atoms with van der Waals surface area (Å²) in [5.41, 5.74) is -0.329. The smallest absolute Gasteiger partial charge is 0.312 e. The number of esters is 1. The van der Waals surface area contributed by atoms with Crippen LogP contribution in [0.5, 0.6) is 0 Å². The minimum atomic E-state index is -0.582. The number of hydrogen-bond acceptors (Lipinski definition) is 4. The Balaban J connectivity index is 1.78. The molecular formula is C22H29BrClNO4. The van der Waals surface area contributed by atoms with Gasteiger partial charge in [-0.15, -0.1) is 0 Å². The Morgan fingerprint density at radius 1 is 1.34 bits per heavy atom. The molecule has 0 aliphatic heterocycles. The highest BCUT2D eigenvalue weighted by Gasteiger charge is 2.73. The van der Waals surface area contributed by atoms with Crippen LogP contribution < -0.4 is 5.32 Å². The standard InChI is InChI=1S/C22H29BrClNO4/c1-13(2)15(9-26)20(3,14-5-6-16(23)17(24)7-14)8-18(27)25-22-10-21(11-22,12-22)19(28)29-4/h5-7,13,15,26H,8-12H2,1-4H3,(H,25,27)/t15?,20-,21?,22?/m0/s1. The van der Waals surface area contributed by atoms with Crippen LogP contribution in [-0.2, 0) is 19.7 Å². The molecule has 2 N–H and O–H groups in total. The van der Waals surface area contributed by atoms with E-state index in [1.807, 2.05) is 25.1 Å². The number of aliphatic hydroxyl groups is 1. The predicted molar refractivity (Wildman–Crippen MR) is 116 cm³/mol. The number of nitrogens with one attached hydrogen (secondary N) is 1. The first-order valence-electron chi connectivity index (χ1n) is 9.97. The molecule has 0 aromatic heterocycles. The summed E-state index contributed by atoms with van der Waals surface area (Å²) in [6.45, 7) is 6.11. The van der Waals surface area contributed by atoms with Gasteiger partial charge in [0.2, 0.25) is 5.91 Å². The van der Waals surface area contributed by atoms with Gasteiger partial charge in [0.25, 0.3) is 0 Å². The van der Waals surface area contributed by atoms with E-state index in [1.54, 1.807) is 0 Å². The number of methoxy groups -OCH3 is 1. The molecule has 1 amide bonds. The molecular weight excluding hydrogens is 458 g/mol. The lowest BCUT2D eigenvalue weighted by Gasteiger charge is -2.68. The van der Waals surface area contributed by atoms with E-state index in [4.69, 9.17) is 16.3 Å². The van der Waals surface area contributed by atoms with Gasteiger partial charge in [-0.05, 0) is 64.7 Å². The van der Waals surface area contributed by atoms with Crippen LogP contribution in [0.2, 0.25) is 5.02 Å². The van der Waals surface area contributed by atoms with Crippen molar-refractivity contribution >= 4 is 39.4 Å². The fourth-order valence-corrected chi connectivity index (χ4v) is 5.90. The third-order valence-corrected chi connectivity index (χ3v) is 8.21. The van der Waals surface area contributed by atoms with Crippen LogP contribution in [0.1, 0.15) is 52.0 Å². The summed E-state index contributed by atoms with van der Waals surface area (Å²) in [5.74, 6) is -0.176. The third kappa shape index (κ3) is 3.84. The van der Waals surface area contributed by atoms with E-state index >= 15 is 0 Å². The van der Waals surface area contributed by atoms with Crippen molar-refractivity contribution in [2.24, 2.45) is 17.3 Å². The Labute approximate surface area is 185 Å². The number of carbonyl (C=O) groups excluding carboxylic acids is 2. The molecule has 2 bridgehead atoms. The average molecular weight is 487 g/mol. The Morgan fingerprint density at radius 2 is 1.97 bits per heavy atom. The highest BCUT2D eigenvalue weighted by atomic mass is 79.9. The van der Waals surface area contributed by atoms with Gasteiger partial charge in [-0.2, -0.15) is 0 Å². The summed E-state index contributed by atoms with van der Waals surface area (Å²) in [6.07, 6.45) is 2.17. The van der Waals surface area contributed by atoms with Crippen molar-refractivity contribution in [1.29, 1.82) is 0 Å². The van der Waals surface area contributed by atoms with Crippen LogP contribution in [0, 0.1) is 17.3 Å². The minimum absolute atomic E-state index is 0.0221. The normalized spacial score (nSPS) is 28.0. The summed E-state index contributed by atoms with van der Waals surface area (Å²) in [7, 11) is 1.41. The molecule has 3 saturated carbocycles. The molecule has 7 heteroatoms. The highest BCUT2D eigenvalue weighted by Crippen LogP contribution is 2.67. The van der Waals surface area contributed by atoms with Gasteiger partial charge in [0.05, 0.1) is 17.5 Å². The summed E-state index contributed by atoms with van der Waals surface area (Å²) in [6, 6.07) is 5.71. The predicted octanol–water partition coefficient (Wildman–Crippen LogP) is 4.23. The Kier molecular flexibility index (Phi) is 6.12. The Morgan fingerprint density at radius 3 is 2.45 bits per heavy atom. The van der Waals surface area contributed by atoms with E-state index < -0.39 is 10.8 Å². The van der Waals surface area contributed by atoms with E-state index in [2.05, 4.69) is 35.1 Å². The summed E-state index contributed by atoms with van der Waals surface area (Å²) < 4.78 is 5.67. The van der Waals surface area contributed by atoms with Crippen molar-refractivity contribution in [3.05, 3.63) is 33.3 Å². The van der Waals surface area contributed by atoms with E-state index in [-0.39, 0.29) is 42.3 Å². The molecule has 0 saturated heterocycles. The zero-order valence-corrected chi connectivity index (χ0v) is 19.7. The van der Waals surface area contributed by atoms with E-state index in [9.17, 15) is 14.7 Å². The first kappa shape index (κ1) is 22.6. The van der Waals surface area contributed by atoms with Gasteiger partial charge in [0.1, 0.15) is 0 Å². The van der Waals surface area contributed by atoms with Crippen LogP contribution in [0.3, 0.4) is 0 Å². The number of carbonyl (C=O) groups is 2. The van der Waals surface area contributed by atoms with E-state index in [0.717, 1.165) is 10.0 Å². The molecule has 3 aliphatic rings. The van der Waals surface area contributed by atoms with Gasteiger partial charge < -0.3 is 15.2 Å². The van der Waals surface area contributed by atoms with Gasteiger partial charge in [0.15, 0.2) is 0 Å². The first-order chi connectivity index (χ1) is 13.5. The van der Waals surface area contributed by atoms with Crippen molar-refractivity contribution in [3.63, 3.8) is 0 Å². The maximum atomic E-state index is 13.1. The molecule has 2 atom stereocenters.